The lowest BCUT2D eigenvalue weighted by molar-refractivity contribution is -0.219. The molecule has 10 heteroatoms. The molecule has 2 atom stereocenters. The summed E-state index contributed by atoms with van der Waals surface area (Å²) in [6.07, 6.45) is -4.97. The normalized spacial score (nSPS) is 22.9. The van der Waals surface area contributed by atoms with Gasteiger partial charge in [-0.1, -0.05) is 30.3 Å². The third kappa shape index (κ3) is 5.40. The standard InChI is InChI=1S/C23H19F5N2O2S/c24-16-6-1-4-14(12-16)19-20(15-5-2-7-17(25)13-15)30-22(29-19,32-21(31)23(26,27)28)10-9-18-8-3-11-33-18/h1-8,11-13,19-20,29-30H,9-10H2. The molecule has 2 heterocycles. The zero-order valence-electron chi connectivity index (χ0n) is 17.0. The van der Waals surface area contributed by atoms with Gasteiger partial charge in [-0.05, 0) is 53.3 Å². The maximum atomic E-state index is 14.0. The van der Waals surface area contributed by atoms with Gasteiger partial charge in [-0.2, -0.15) is 13.2 Å². The number of nitrogens with one attached hydrogen (secondary N) is 2. The summed E-state index contributed by atoms with van der Waals surface area (Å²) >= 11 is 1.41. The first-order chi connectivity index (χ1) is 15.7. The molecule has 0 aliphatic carbocycles. The molecule has 2 N–H and O–H groups in total. The van der Waals surface area contributed by atoms with Gasteiger partial charge in [-0.25, -0.2) is 13.6 Å². The van der Waals surface area contributed by atoms with E-state index in [0.717, 1.165) is 4.88 Å². The highest BCUT2D eigenvalue weighted by atomic mass is 32.1. The minimum absolute atomic E-state index is 0.0486. The van der Waals surface area contributed by atoms with E-state index in [4.69, 9.17) is 4.74 Å². The summed E-state index contributed by atoms with van der Waals surface area (Å²) in [6, 6.07) is 13.0. The van der Waals surface area contributed by atoms with Crippen LogP contribution in [0.25, 0.3) is 0 Å². The van der Waals surface area contributed by atoms with E-state index in [1.165, 1.54) is 47.7 Å². The fourth-order valence-corrected chi connectivity index (χ4v) is 4.60. The Labute approximate surface area is 190 Å². The third-order valence-electron chi connectivity index (χ3n) is 5.33. The number of halogens is 5. The van der Waals surface area contributed by atoms with Crippen LogP contribution >= 0.6 is 11.3 Å². The first kappa shape index (κ1) is 23.3. The third-order valence-corrected chi connectivity index (χ3v) is 6.26. The second-order valence-electron chi connectivity index (χ2n) is 7.65. The number of hydrogen-bond donors (Lipinski definition) is 2. The van der Waals surface area contributed by atoms with Crippen LogP contribution in [0.2, 0.25) is 0 Å². The number of ether oxygens (including phenoxy) is 1. The molecule has 1 aliphatic heterocycles. The minimum atomic E-state index is -5.22. The molecule has 4 nitrogen and oxygen atoms in total. The SMILES string of the molecule is O=C(OC1(CCc2cccs2)NC(c2cccc(F)c2)C(c2cccc(F)c2)N1)C(F)(F)F. The van der Waals surface area contributed by atoms with Gasteiger partial charge in [0.2, 0.25) is 5.85 Å². The summed E-state index contributed by atoms with van der Waals surface area (Å²) < 4.78 is 72.2. The molecule has 1 saturated heterocycles. The summed E-state index contributed by atoms with van der Waals surface area (Å²) in [5.74, 6) is -5.39. The average molecular weight is 482 g/mol. The number of hydrogen-bond acceptors (Lipinski definition) is 5. The molecule has 0 amide bonds. The zero-order valence-corrected chi connectivity index (χ0v) is 17.9. The van der Waals surface area contributed by atoms with Gasteiger partial charge >= 0.3 is 12.1 Å². The molecule has 1 fully saturated rings. The van der Waals surface area contributed by atoms with Crippen molar-refractivity contribution in [2.24, 2.45) is 0 Å². The molecule has 1 aromatic heterocycles. The summed E-state index contributed by atoms with van der Waals surface area (Å²) in [5, 5.41) is 7.71. The molecule has 0 saturated carbocycles. The summed E-state index contributed by atoms with van der Waals surface area (Å²) in [6.45, 7) is 0. The second-order valence-corrected chi connectivity index (χ2v) is 8.68. The predicted molar refractivity (Wildman–Crippen MR) is 112 cm³/mol. The molecule has 2 unspecified atom stereocenters. The number of carbonyl (C=O) groups excluding carboxylic acids is 1. The molecule has 2 aromatic carbocycles. The zero-order chi connectivity index (χ0) is 23.6. The van der Waals surface area contributed by atoms with Gasteiger partial charge in [0.05, 0.1) is 12.1 Å². The Balaban J connectivity index is 1.73. The lowest BCUT2D eigenvalue weighted by atomic mass is 9.95. The van der Waals surface area contributed by atoms with E-state index in [-0.39, 0.29) is 6.42 Å². The molecular weight excluding hydrogens is 463 g/mol. The van der Waals surface area contributed by atoms with Crippen molar-refractivity contribution in [1.29, 1.82) is 0 Å². The number of rotatable bonds is 6. The van der Waals surface area contributed by atoms with Gasteiger partial charge in [0, 0.05) is 11.3 Å². The Morgan fingerprint density at radius 1 is 0.939 bits per heavy atom. The van der Waals surface area contributed by atoms with Crippen LogP contribution in [0.4, 0.5) is 22.0 Å². The molecule has 33 heavy (non-hydrogen) atoms. The Hall–Kier alpha value is -2.82. The van der Waals surface area contributed by atoms with Crippen LogP contribution in [0.1, 0.15) is 34.5 Å². The van der Waals surface area contributed by atoms with Gasteiger partial charge in [-0.15, -0.1) is 11.3 Å². The van der Waals surface area contributed by atoms with E-state index in [1.54, 1.807) is 18.2 Å². The van der Waals surface area contributed by atoms with Gasteiger partial charge in [0.15, 0.2) is 0 Å². The highest BCUT2D eigenvalue weighted by Gasteiger charge is 2.52. The minimum Gasteiger partial charge on any atom is -0.424 e. The molecule has 1 aliphatic rings. The molecular formula is C23H19F5N2O2S. The Morgan fingerprint density at radius 2 is 1.52 bits per heavy atom. The average Bonchev–Trinajstić information content (AvgIpc) is 3.40. The highest BCUT2D eigenvalue weighted by molar-refractivity contribution is 7.09. The molecule has 3 aromatic rings. The van der Waals surface area contributed by atoms with Crippen molar-refractivity contribution < 1.29 is 31.5 Å². The maximum Gasteiger partial charge on any atom is 0.491 e. The number of aryl methyl sites for hydroxylation is 1. The van der Waals surface area contributed by atoms with E-state index in [0.29, 0.717) is 17.5 Å². The first-order valence-corrected chi connectivity index (χ1v) is 10.9. The smallest absolute Gasteiger partial charge is 0.424 e. The Kier molecular flexibility index (Phi) is 6.51. The van der Waals surface area contributed by atoms with Crippen molar-refractivity contribution in [2.45, 2.75) is 37.0 Å². The van der Waals surface area contributed by atoms with Crippen molar-refractivity contribution in [3.05, 3.63) is 93.7 Å². The van der Waals surface area contributed by atoms with Crippen molar-refractivity contribution >= 4 is 17.3 Å². The molecule has 0 spiro atoms. The van der Waals surface area contributed by atoms with E-state index in [9.17, 15) is 26.7 Å². The Morgan fingerprint density at radius 3 is 1.97 bits per heavy atom. The second kappa shape index (κ2) is 9.20. The Bertz CT molecular complexity index is 1070. The first-order valence-electron chi connectivity index (χ1n) is 10.0. The van der Waals surface area contributed by atoms with Crippen LogP contribution in [-0.2, 0) is 16.0 Å². The fourth-order valence-electron chi connectivity index (χ4n) is 3.89. The van der Waals surface area contributed by atoms with E-state index < -0.39 is 41.7 Å². The summed E-state index contributed by atoms with van der Waals surface area (Å²) in [7, 11) is 0. The molecule has 0 bridgehead atoms. The van der Waals surface area contributed by atoms with Gasteiger partial charge in [0.25, 0.3) is 0 Å². The van der Waals surface area contributed by atoms with Crippen LogP contribution in [-0.4, -0.2) is 18.0 Å². The molecule has 174 valence electrons. The lowest BCUT2D eigenvalue weighted by Gasteiger charge is -2.30. The van der Waals surface area contributed by atoms with Crippen LogP contribution in [0.5, 0.6) is 0 Å². The van der Waals surface area contributed by atoms with Gasteiger partial charge in [0.1, 0.15) is 11.6 Å². The predicted octanol–water partition coefficient (Wildman–Crippen LogP) is 5.39. The van der Waals surface area contributed by atoms with Crippen molar-refractivity contribution in [3.63, 3.8) is 0 Å². The topological polar surface area (TPSA) is 50.4 Å². The fraction of sp³-hybridized carbons (Fsp3) is 0.261. The maximum absolute atomic E-state index is 14.0. The monoisotopic (exact) mass is 482 g/mol. The van der Waals surface area contributed by atoms with Crippen LogP contribution in [0.3, 0.4) is 0 Å². The van der Waals surface area contributed by atoms with Crippen LogP contribution in [0.15, 0.2) is 66.0 Å². The number of esters is 1. The number of carbonyl (C=O) groups is 1. The summed E-state index contributed by atoms with van der Waals surface area (Å²) in [4.78, 5) is 12.7. The van der Waals surface area contributed by atoms with E-state index in [1.807, 2.05) is 11.4 Å². The van der Waals surface area contributed by atoms with Gasteiger partial charge in [-0.3, -0.25) is 10.6 Å². The molecule has 0 radical (unpaired) electrons. The summed E-state index contributed by atoms with van der Waals surface area (Å²) in [5.41, 5.74) is 0.802. The molecule has 4 rings (SSSR count). The highest BCUT2D eigenvalue weighted by Crippen LogP contribution is 2.40. The quantitative estimate of drug-likeness (QED) is 0.365. The van der Waals surface area contributed by atoms with E-state index in [2.05, 4.69) is 10.6 Å². The number of benzene rings is 2. The number of thiophene rings is 1. The van der Waals surface area contributed by atoms with E-state index >= 15 is 0 Å². The van der Waals surface area contributed by atoms with Crippen LogP contribution in [0, 0.1) is 11.6 Å². The van der Waals surface area contributed by atoms with Gasteiger partial charge < -0.3 is 4.74 Å². The van der Waals surface area contributed by atoms with Crippen molar-refractivity contribution in [1.82, 2.24) is 10.6 Å². The van der Waals surface area contributed by atoms with Crippen molar-refractivity contribution in [3.8, 4) is 0 Å². The largest absolute Gasteiger partial charge is 0.491 e. The van der Waals surface area contributed by atoms with Crippen molar-refractivity contribution in [2.75, 3.05) is 0 Å². The lowest BCUT2D eigenvalue weighted by Crippen LogP contribution is -2.55. The number of alkyl halides is 3. The van der Waals surface area contributed by atoms with Crippen LogP contribution < -0.4 is 10.6 Å².